The minimum absolute atomic E-state index is 0.0133. The van der Waals surface area contributed by atoms with Crippen LogP contribution in [0.5, 0.6) is 5.75 Å². The van der Waals surface area contributed by atoms with Gasteiger partial charge in [0.25, 0.3) is 5.69 Å². The number of carbonyl (C=O) groups excluding carboxylic acids is 1. The molecule has 1 aliphatic heterocycles. The third-order valence-corrected chi connectivity index (χ3v) is 7.85. The number of nitrogens with zero attached hydrogens (tertiary/aromatic N) is 4. The van der Waals surface area contributed by atoms with E-state index in [1.807, 2.05) is 13.8 Å². The molecule has 2 aromatic rings. The molecule has 1 fully saturated rings. The van der Waals surface area contributed by atoms with Crippen molar-refractivity contribution in [1.29, 1.82) is 0 Å². The Morgan fingerprint density at radius 2 is 1.97 bits per heavy atom. The number of phenols is 1. The van der Waals surface area contributed by atoms with Crippen molar-refractivity contribution in [1.82, 2.24) is 9.21 Å². The van der Waals surface area contributed by atoms with E-state index in [-0.39, 0.29) is 28.8 Å². The molecule has 12 heteroatoms. The monoisotopic (exact) mass is 503 g/mol. The van der Waals surface area contributed by atoms with Crippen LogP contribution < -0.4 is 5.43 Å². The molecule has 1 amide bonds. The molecule has 35 heavy (non-hydrogen) atoms. The van der Waals surface area contributed by atoms with Gasteiger partial charge < -0.3 is 10.0 Å². The van der Waals surface area contributed by atoms with Gasteiger partial charge in [0, 0.05) is 37.3 Å². The number of para-hydroxylation sites is 1. The van der Waals surface area contributed by atoms with Gasteiger partial charge in [0.1, 0.15) is 16.7 Å². The fourth-order valence-corrected chi connectivity index (χ4v) is 5.82. The average molecular weight is 504 g/mol. The summed E-state index contributed by atoms with van der Waals surface area (Å²) in [5.74, 6) is -0.295. The zero-order valence-electron chi connectivity index (χ0n) is 19.6. The molecule has 0 saturated carbocycles. The number of piperidine rings is 1. The van der Waals surface area contributed by atoms with Gasteiger partial charge in [-0.05, 0) is 44.9 Å². The Morgan fingerprint density at radius 3 is 2.63 bits per heavy atom. The number of anilines is 1. The van der Waals surface area contributed by atoms with Gasteiger partial charge in [0.05, 0.1) is 16.8 Å². The normalized spacial score (nSPS) is 16.8. The van der Waals surface area contributed by atoms with Gasteiger partial charge in [-0.15, -0.1) is 0 Å². The molecule has 188 valence electrons. The number of phenolic OH excluding ortho intramolecular Hbond substituents is 1. The van der Waals surface area contributed by atoms with Crippen molar-refractivity contribution in [2.75, 3.05) is 25.1 Å². The number of nitrogens with one attached hydrogen (secondary N) is 1. The molecule has 1 heterocycles. The summed E-state index contributed by atoms with van der Waals surface area (Å²) in [6.07, 6.45) is 2.96. The number of rotatable bonds is 9. The summed E-state index contributed by atoms with van der Waals surface area (Å²) in [4.78, 5) is 25.1. The van der Waals surface area contributed by atoms with Crippen LogP contribution in [0, 0.1) is 10.1 Å². The van der Waals surface area contributed by atoms with Crippen molar-refractivity contribution in [3.63, 3.8) is 0 Å². The maximum absolute atomic E-state index is 13.8. The zero-order valence-corrected chi connectivity index (χ0v) is 20.4. The van der Waals surface area contributed by atoms with Crippen LogP contribution in [0.15, 0.2) is 52.5 Å². The first-order valence-electron chi connectivity index (χ1n) is 11.4. The molecule has 1 atom stereocenters. The number of hydrogen-bond donors (Lipinski definition) is 2. The van der Waals surface area contributed by atoms with Crippen molar-refractivity contribution >= 4 is 33.5 Å². The number of sulfonamides is 1. The molecular weight excluding hydrogens is 474 g/mol. The van der Waals surface area contributed by atoms with Crippen molar-refractivity contribution in [3.05, 3.63) is 58.1 Å². The van der Waals surface area contributed by atoms with E-state index in [1.165, 1.54) is 24.4 Å². The first-order valence-corrected chi connectivity index (χ1v) is 12.8. The number of nitro groups is 1. The molecule has 0 aliphatic carbocycles. The molecule has 1 saturated heterocycles. The minimum atomic E-state index is -4.30. The summed E-state index contributed by atoms with van der Waals surface area (Å²) < 4.78 is 28.7. The van der Waals surface area contributed by atoms with Crippen molar-refractivity contribution < 1.29 is 23.2 Å². The standard InChI is InChI=1S/C23H29N5O6S/c1-3-26(4-2)23(30)20-10-7-8-14-27(20)35(33,34)22-15-18(28(31)32)12-13-19(22)25-24-16-17-9-5-6-11-21(17)29/h5-6,9,11-13,15-16,20,25,29H,3-4,7-8,10,14H2,1-2H3/b24-16-/t20-/m0/s1. The third kappa shape index (κ3) is 5.77. The highest BCUT2D eigenvalue weighted by molar-refractivity contribution is 7.89. The average Bonchev–Trinajstić information content (AvgIpc) is 2.85. The van der Waals surface area contributed by atoms with E-state index in [0.717, 1.165) is 10.4 Å². The lowest BCUT2D eigenvalue weighted by molar-refractivity contribution is -0.385. The van der Waals surface area contributed by atoms with Crippen LogP contribution in [0.3, 0.4) is 0 Å². The largest absolute Gasteiger partial charge is 0.507 e. The Bertz CT molecular complexity index is 1210. The van der Waals surface area contributed by atoms with E-state index in [1.54, 1.807) is 23.1 Å². The Hall–Kier alpha value is -3.51. The molecule has 0 spiro atoms. The third-order valence-electron chi connectivity index (χ3n) is 5.90. The number of nitro benzene ring substituents is 1. The first kappa shape index (κ1) is 26.1. The van der Waals surface area contributed by atoms with Gasteiger partial charge in [-0.3, -0.25) is 20.3 Å². The number of non-ortho nitro benzene ring substituents is 1. The highest BCUT2D eigenvalue weighted by atomic mass is 32.2. The zero-order chi connectivity index (χ0) is 25.6. The lowest BCUT2D eigenvalue weighted by Gasteiger charge is -2.36. The lowest BCUT2D eigenvalue weighted by Crippen LogP contribution is -2.52. The van der Waals surface area contributed by atoms with E-state index in [4.69, 9.17) is 0 Å². The molecule has 0 bridgehead atoms. The van der Waals surface area contributed by atoms with E-state index < -0.39 is 26.7 Å². The maximum Gasteiger partial charge on any atom is 0.270 e. The number of likely N-dealkylation sites (N-methyl/N-ethyl adjacent to an activating group) is 1. The van der Waals surface area contributed by atoms with Gasteiger partial charge in [0.15, 0.2) is 0 Å². The van der Waals surface area contributed by atoms with Crippen molar-refractivity contribution in [2.24, 2.45) is 5.10 Å². The Labute approximate surface area is 204 Å². The highest BCUT2D eigenvalue weighted by Crippen LogP contribution is 2.33. The molecule has 2 N–H and O–H groups in total. The second-order valence-electron chi connectivity index (χ2n) is 8.00. The smallest absolute Gasteiger partial charge is 0.270 e. The fraction of sp³-hybridized carbons (Fsp3) is 0.391. The van der Waals surface area contributed by atoms with E-state index in [2.05, 4.69) is 10.5 Å². The SMILES string of the molecule is CCN(CC)C(=O)[C@@H]1CCCCN1S(=O)(=O)c1cc([N+](=O)[O-])ccc1N/N=C\c1ccccc1O. The van der Waals surface area contributed by atoms with Gasteiger partial charge in [-0.1, -0.05) is 18.6 Å². The summed E-state index contributed by atoms with van der Waals surface area (Å²) >= 11 is 0. The van der Waals surface area contributed by atoms with Gasteiger partial charge in [-0.25, -0.2) is 8.42 Å². The fourth-order valence-electron chi connectivity index (χ4n) is 4.01. The number of amides is 1. The molecular formula is C23H29N5O6S. The second-order valence-corrected chi connectivity index (χ2v) is 9.86. The number of aromatic hydroxyl groups is 1. The predicted octanol–water partition coefficient (Wildman–Crippen LogP) is 3.16. The van der Waals surface area contributed by atoms with Crippen LogP contribution in [0.2, 0.25) is 0 Å². The molecule has 0 radical (unpaired) electrons. The van der Waals surface area contributed by atoms with Crippen LogP contribution in [0.1, 0.15) is 38.7 Å². The summed E-state index contributed by atoms with van der Waals surface area (Å²) in [6, 6.07) is 8.97. The highest BCUT2D eigenvalue weighted by Gasteiger charge is 2.40. The Morgan fingerprint density at radius 1 is 1.26 bits per heavy atom. The first-order chi connectivity index (χ1) is 16.7. The van der Waals surface area contributed by atoms with Crippen LogP contribution in [0.25, 0.3) is 0 Å². The summed E-state index contributed by atoms with van der Waals surface area (Å²) in [5, 5.41) is 25.3. The van der Waals surface area contributed by atoms with Crippen LogP contribution in [-0.4, -0.2) is 65.5 Å². The van der Waals surface area contributed by atoms with Gasteiger partial charge in [0.2, 0.25) is 15.9 Å². The topological polar surface area (TPSA) is 145 Å². The number of hydrogen-bond acceptors (Lipinski definition) is 8. The summed E-state index contributed by atoms with van der Waals surface area (Å²) in [6.45, 7) is 4.68. The minimum Gasteiger partial charge on any atom is -0.507 e. The second kappa shape index (κ2) is 11.3. The maximum atomic E-state index is 13.8. The quantitative estimate of drug-likeness (QED) is 0.304. The molecule has 1 aliphatic rings. The van der Waals surface area contributed by atoms with Gasteiger partial charge in [-0.2, -0.15) is 9.41 Å². The molecule has 3 rings (SSSR count). The van der Waals surface area contributed by atoms with Crippen molar-refractivity contribution in [2.45, 2.75) is 44.0 Å². The van der Waals surface area contributed by atoms with E-state index in [0.29, 0.717) is 37.9 Å². The van der Waals surface area contributed by atoms with Crippen LogP contribution >= 0.6 is 0 Å². The Kier molecular flexibility index (Phi) is 8.41. The number of hydrazone groups is 1. The van der Waals surface area contributed by atoms with Crippen molar-refractivity contribution in [3.8, 4) is 5.75 Å². The summed E-state index contributed by atoms with van der Waals surface area (Å²) in [5.41, 5.74) is 2.63. The molecule has 0 aromatic heterocycles. The van der Waals surface area contributed by atoms with Crippen LogP contribution in [-0.2, 0) is 14.8 Å². The molecule has 11 nitrogen and oxygen atoms in total. The van der Waals surface area contributed by atoms with E-state index >= 15 is 0 Å². The van der Waals surface area contributed by atoms with Crippen LogP contribution in [0.4, 0.5) is 11.4 Å². The number of carbonyl (C=O) groups is 1. The van der Waals surface area contributed by atoms with E-state index in [9.17, 15) is 28.4 Å². The number of benzene rings is 2. The molecule has 2 aromatic carbocycles. The predicted molar refractivity (Wildman–Crippen MR) is 132 cm³/mol. The summed E-state index contributed by atoms with van der Waals surface area (Å²) in [7, 11) is -4.30. The van der Waals surface area contributed by atoms with Gasteiger partial charge >= 0.3 is 0 Å². The lowest BCUT2D eigenvalue weighted by atomic mass is 10.0. The molecule has 0 unspecified atom stereocenters. The Balaban J connectivity index is 2.01.